The highest BCUT2D eigenvalue weighted by Gasteiger charge is 2.16. The van der Waals surface area contributed by atoms with Crippen molar-refractivity contribution in [3.05, 3.63) is 127 Å². The molecule has 0 amide bonds. The molecule has 0 fully saturated rings. The third-order valence-corrected chi connectivity index (χ3v) is 7.86. The van der Waals surface area contributed by atoms with E-state index < -0.39 is 0 Å². The molecular formula is C32H21FN2S. The summed E-state index contributed by atoms with van der Waals surface area (Å²) in [7, 11) is 0. The first-order valence-corrected chi connectivity index (χ1v) is 12.8. The summed E-state index contributed by atoms with van der Waals surface area (Å²) in [5.74, 6) is 0.577. The highest BCUT2D eigenvalue weighted by atomic mass is 32.1. The fraction of sp³-hybridized carbons (Fsp3) is 0.0312. The smallest absolute Gasteiger partial charge is 0.141 e. The summed E-state index contributed by atoms with van der Waals surface area (Å²) in [6, 6.07) is 38.9. The van der Waals surface area contributed by atoms with Crippen molar-refractivity contribution in [2.24, 2.45) is 0 Å². The van der Waals surface area contributed by atoms with Gasteiger partial charge in [0, 0.05) is 38.3 Å². The van der Waals surface area contributed by atoms with Gasteiger partial charge in [-0.15, -0.1) is 11.3 Å². The molecule has 2 nitrogen and oxygen atoms in total. The average molecular weight is 485 g/mol. The van der Waals surface area contributed by atoms with Crippen molar-refractivity contribution >= 4 is 42.5 Å². The van der Waals surface area contributed by atoms with E-state index in [1.54, 1.807) is 0 Å². The first-order chi connectivity index (χ1) is 17.7. The number of rotatable bonds is 4. The molecule has 0 saturated heterocycles. The van der Waals surface area contributed by atoms with Crippen LogP contribution in [0.15, 0.2) is 115 Å². The Balaban J connectivity index is 1.39. The summed E-state index contributed by atoms with van der Waals surface area (Å²) in [4.78, 5) is 4.89. The van der Waals surface area contributed by atoms with Crippen LogP contribution in [0.2, 0.25) is 0 Å². The minimum atomic E-state index is -0.271. The van der Waals surface area contributed by atoms with Gasteiger partial charge in [-0.2, -0.15) is 0 Å². The molecule has 0 N–H and O–H groups in total. The van der Waals surface area contributed by atoms with Gasteiger partial charge < -0.3 is 4.57 Å². The SMILES string of the molecule is Fc1ccc2c(c1)nc(-c1ccc3sc4cc(-c5ccccc5)ccc4c3c1)n2Cc1ccccc1. The molecule has 7 aromatic rings. The van der Waals surface area contributed by atoms with Gasteiger partial charge >= 0.3 is 0 Å². The Morgan fingerprint density at radius 3 is 2.25 bits per heavy atom. The molecule has 0 saturated carbocycles. The second-order valence-electron chi connectivity index (χ2n) is 9.03. The number of hydrogen-bond acceptors (Lipinski definition) is 2. The molecule has 0 aliphatic heterocycles. The van der Waals surface area contributed by atoms with E-state index in [0.29, 0.717) is 12.1 Å². The Kier molecular flexibility index (Phi) is 4.93. The van der Waals surface area contributed by atoms with Crippen LogP contribution in [0.3, 0.4) is 0 Å². The second kappa shape index (κ2) is 8.43. The summed E-state index contributed by atoms with van der Waals surface area (Å²) >= 11 is 1.81. The monoisotopic (exact) mass is 484 g/mol. The summed E-state index contributed by atoms with van der Waals surface area (Å²) in [6.07, 6.45) is 0. The van der Waals surface area contributed by atoms with Crippen LogP contribution in [0.4, 0.5) is 4.39 Å². The summed E-state index contributed by atoms with van der Waals surface area (Å²) < 4.78 is 18.8. The van der Waals surface area contributed by atoms with Crippen LogP contribution in [0.5, 0.6) is 0 Å². The van der Waals surface area contributed by atoms with E-state index in [0.717, 1.165) is 16.9 Å². The summed E-state index contributed by atoms with van der Waals surface area (Å²) in [6.45, 7) is 0.668. The molecular weight excluding hydrogens is 463 g/mol. The van der Waals surface area contributed by atoms with Gasteiger partial charge in [0.05, 0.1) is 11.0 Å². The standard InChI is InChI=1S/C32H21FN2S/c33-25-13-15-29-28(19-25)34-32(35(29)20-21-7-3-1-4-8-21)24-12-16-30-27(17-24)26-14-11-23(18-31(26)36-30)22-9-5-2-6-10-22/h1-19H,20H2. The highest BCUT2D eigenvalue weighted by molar-refractivity contribution is 7.25. The maximum atomic E-state index is 14.1. The minimum Gasteiger partial charge on any atom is -0.319 e. The van der Waals surface area contributed by atoms with Gasteiger partial charge in [0.25, 0.3) is 0 Å². The Labute approximate surface area is 211 Å². The van der Waals surface area contributed by atoms with E-state index in [2.05, 4.69) is 77.4 Å². The number of thiophene rings is 1. The first-order valence-electron chi connectivity index (χ1n) is 11.9. The lowest BCUT2D eigenvalue weighted by atomic mass is 10.0. The molecule has 0 atom stereocenters. The Hall–Kier alpha value is -4.28. The number of imidazole rings is 1. The normalized spacial score (nSPS) is 11.6. The van der Waals surface area contributed by atoms with E-state index in [1.807, 2.05) is 41.7 Å². The molecule has 2 heterocycles. The van der Waals surface area contributed by atoms with E-state index >= 15 is 0 Å². The van der Waals surface area contributed by atoms with Crippen molar-refractivity contribution in [2.75, 3.05) is 0 Å². The molecule has 5 aromatic carbocycles. The van der Waals surface area contributed by atoms with Gasteiger partial charge in [-0.1, -0.05) is 72.8 Å². The number of benzene rings is 5. The molecule has 0 aliphatic carbocycles. The van der Waals surface area contributed by atoms with Crippen LogP contribution in [-0.2, 0) is 6.54 Å². The van der Waals surface area contributed by atoms with Crippen LogP contribution >= 0.6 is 11.3 Å². The van der Waals surface area contributed by atoms with Gasteiger partial charge in [0.2, 0.25) is 0 Å². The van der Waals surface area contributed by atoms with E-state index in [1.165, 1.54) is 49.0 Å². The Morgan fingerprint density at radius 2 is 1.42 bits per heavy atom. The molecule has 0 unspecified atom stereocenters. The predicted octanol–water partition coefficient (Wildman–Crippen LogP) is 8.93. The zero-order valence-corrected chi connectivity index (χ0v) is 20.2. The number of aromatic nitrogens is 2. The Bertz CT molecular complexity index is 1870. The summed E-state index contributed by atoms with van der Waals surface area (Å²) in [5.41, 5.74) is 6.25. The number of halogens is 1. The molecule has 7 rings (SSSR count). The Morgan fingerprint density at radius 1 is 0.639 bits per heavy atom. The average Bonchev–Trinajstić information content (AvgIpc) is 3.46. The third kappa shape index (κ3) is 3.58. The molecule has 0 bridgehead atoms. The lowest BCUT2D eigenvalue weighted by Crippen LogP contribution is -2.02. The third-order valence-electron chi connectivity index (χ3n) is 6.73. The van der Waals surface area contributed by atoms with E-state index in [9.17, 15) is 4.39 Å². The topological polar surface area (TPSA) is 17.8 Å². The molecule has 0 radical (unpaired) electrons. The van der Waals surface area contributed by atoms with Crippen molar-refractivity contribution in [3.8, 4) is 22.5 Å². The van der Waals surface area contributed by atoms with Crippen LogP contribution in [-0.4, -0.2) is 9.55 Å². The van der Waals surface area contributed by atoms with Crippen molar-refractivity contribution in [1.29, 1.82) is 0 Å². The summed E-state index contributed by atoms with van der Waals surface area (Å²) in [5, 5.41) is 2.46. The van der Waals surface area contributed by atoms with Gasteiger partial charge in [-0.3, -0.25) is 0 Å². The number of hydrogen-bond donors (Lipinski definition) is 0. The molecule has 0 aliphatic rings. The molecule has 4 heteroatoms. The highest BCUT2D eigenvalue weighted by Crippen LogP contribution is 2.38. The fourth-order valence-corrected chi connectivity index (χ4v) is 6.10. The molecule has 172 valence electrons. The van der Waals surface area contributed by atoms with Gasteiger partial charge in [0.1, 0.15) is 11.6 Å². The van der Waals surface area contributed by atoms with Crippen LogP contribution in [0.1, 0.15) is 5.56 Å². The lowest BCUT2D eigenvalue weighted by molar-refractivity contribution is 0.629. The molecule has 2 aromatic heterocycles. The second-order valence-corrected chi connectivity index (χ2v) is 10.1. The van der Waals surface area contributed by atoms with Gasteiger partial charge in [0.15, 0.2) is 0 Å². The number of nitrogens with zero attached hydrogens (tertiary/aromatic N) is 2. The maximum absolute atomic E-state index is 14.1. The number of fused-ring (bicyclic) bond motifs is 4. The van der Waals surface area contributed by atoms with Crippen molar-refractivity contribution in [1.82, 2.24) is 9.55 Å². The molecule has 0 spiro atoms. The fourth-order valence-electron chi connectivity index (χ4n) is 4.98. The van der Waals surface area contributed by atoms with Crippen molar-refractivity contribution in [2.45, 2.75) is 6.54 Å². The minimum absolute atomic E-state index is 0.271. The van der Waals surface area contributed by atoms with Gasteiger partial charge in [-0.25, -0.2) is 9.37 Å². The quantitative estimate of drug-likeness (QED) is 0.244. The lowest BCUT2D eigenvalue weighted by Gasteiger charge is -2.10. The zero-order chi connectivity index (χ0) is 24.1. The van der Waals surface area contributed by atoms with Crippen molar-refractivity contribution < 1.29 is 4.39 Å². The van der Waals surface area contributed by atoms with E-state index in [4.69, 9.17) is 4.98 Å². The predicted molar refractivity (Wildman–Crippen MR) is 149 cm³/mol. The van der Waals surface area contributed by atoms with Crippen LogP contribution in [0, 0.1) is 5.82 Å². The van der Waals surface area contributed by atoms with Gasteiger partial charge in [-0.05, 0) is 53.1 Å². The first kappa shape index (κ1) is 21.0. The van der Waals surface area contributed by atoms with Crippen LogP contribution in [0.25, 0.3) is 53.7 Å². The van der Waals surface area contributed by atoms with Crippen LogP contribution < -0.4 is 0 Å². The largest absolute Gasteiger partial charge is 0.319 e. The zero-order valence-electron chi connectivity index (χ0n) is 19.4. The van der Waals surface area contributed by atoms with Crippen molar-refractivity contribution in [3.63, 3.8) is 0 Å². The van der Waals surface area contributed by atoms with E-state index in [-0.39, 0.29) is 5.82 Å². The maximum Gasteiger partial charge on any atom is 0.141 e. The molecule has 36 heavy (non-hydrogen) atoms.